The molecule has 4 rings (SSSR count). The lowest BCUT2D eigenvalue weighted by atomic mass is 10.1. The van der Waals surface area contributed by atoms with E-state index in [4.69, 9.17) is 46.4 Å². The number of benzene rings is 3. The van der Waals surface area contributed by atoms with E-state index in [2.05, 4.69) is 16.0 Å². The molecule has 3 aromatic rings. The van der Waals surface area contributed by atoms with Crippen LogP contribution in [-0.2, 0) is 9.59 Å². The molecule has 0 spiro atoms. The van der Waals surface area contributed by atoms with Gasteiger partial charge in [0.05, 0.1) is 21.5 Å². The fourth-order valence-corrected chi connectivity index (χ4v) is 5.10. The minimum Gasteiger partial charge on any atom is -0.326 e. The van der Waals surface area contributed by atoms with Gasteiger partial charge in [0.25, 0.3) is 5.91 Å². The Bertz CT molecular complexity index is 1420. The predicted molar refractivity (Wildman–Crippen MR) is 141 cm³/mol. The summed E-state index contributed by atoms with van der Waals surface area (Å²) in [5, 5.41) is 7.13. The van der Waals surface area contributed by atoms with Crippen LogP contribution in [0.15, 0.2) is 54.6 Å². The van der Waals surface area contributed by atoms with Gasteiger partial charge in [0, 0.05) is 29.9 Å². The van der Waals surface area contributed by atoms with E-state index >= 15 is 0 Å². The van der Waals surface area contributed by atoms with E-state index in [1.165, 1.54) is 31.2 Å². The van der Waals surface area contributed by atoms with E-state index in [1.54, 1.807) is 12.1 Å². The molecule has 192 valence electrons. The third-order valence-corrected chi connectivity index (χ3v) is 7.15. The molecular weight excluding hydrogens is 570 g/mol. The average molecular weight is 587 g/mol. The lowest BCUT2D eigenvalue weighted by Crippen LogP contribution is -2.19. The molecule has 1 saturated carbocycles. The van der Waals surface area contributed by atoms with Gasteiger partial charge < -0.3 is 16.0 Å². The Labute approximate surface area is 230 Å². The molecule has 0 aromatic heterocycles. The van der Waals surface area contributed by atoms with Crippen molar-refractivity contribution in [3.05, 3.63) is 87.4 Å². The fourth-order valence-electron chi connectivity index (χ4n) is 3.86. The molecular formula is C25H17Cl4F2N3O3. The van der Waals surface area contributed by atoms with Crippen LogP contribution in [0.1, 0.15) is 28.8 Å². The van der Waals surface area contributed by atoms with Crippen LogP contribution in [-0.4, -0.2) is 22.1 Å². The number of halogens is 6. The molecule has 0 heterocycles. The molecule has 37 heavy (non-hydrogen) atoms. The molecule has 3 amide bonds. The number of carbonyl (C=O) groups is 3. The Morgan fingerprint density at radius 2 is 1.43 bits per heavy atom. The first kappa shape index (κ1) is 27.1. The maximum Gasteiger partial charge on any atom is 0.258 e. The summed E-state index contributed by atoms with van der Waals surface area (Å²) in [7, 11) is 0. The SMILES string of the molecule is CC(=O)Nc1ccc(NC(=O)c2cc(NC(=O)[C@H]3[C@H](c4ccc(F)c(Cl)c4)C3(Cl)Cl)cc(Cl)c2F)cc1. The molecule has 0 bridgehead atoms. The Balaban J connectivity index is 1.50. The van der Waals surface area contributed by atoms with Crippen molar-refractivity contribution in [3.63, 3.8) is 0 Å². The number of rotatable bonds is 6. The van der Waals surface area contributed by atoms with Crippen molar-refractivity contribution in [1.82, 2.24) is 0 Å². The summed E-state index contributed by atoms with van der Waals surface area (Å²) < 4.78 is 26.7. The maximum atomic E-state index is 14.7. The van der Waals surface area contributed by atoms with Crippen LogP contribution in [0.2, 0.25) is 10.0 Å². The summed E-state index contributed by atoms with van der Waals surface area (Å²) in [6.45, 7) is 1.36. The first-order chi connectivity index (χ1) is 17.4. The zero-order valence-electron chi connectivity index (χ0n) is 18.8. The van der Waals surface area contributed by atoms with Gasteiger partial charge in [-0.05, 0) is 54.1 Å². The standard InChI is InChI=1S/C25H17Cl4F2N3O3/c1-11(35)32-13-3-5-14(6-4-13)33-23(36)16-9-15(10-18(27)22(16)31)34-24(37)21-20(25(21,28)29)12-2-7-19(30)17(26)8-12/h2-10,20-21H,1H3,(H,32,35)(H,33,36)(H,34,37)/t20-,21+/m0/s1. The molecule has 6 nitrogen and oxygen atoms in total. The molecule has 2 atom stereocenters. The van der Waals surface area contributed by atoms with Gasteiger partial charge in [-0.25, -0.2) is 8.78 Å². The predicted octanol–water partition coefficient (Wildman–Crippen LogP) is 7.01. The van der Waals surface area contributed by atoms with E-state index in [9.17, 15) is 23.2 Å². The lowest BCUT2D eigenvalue weighted by molar-refractivity contribution is -0.117. The van der Waals surface area contributed by atoms with Gasteiger partial charge in [0.2, 0.25) is 11.8 Å². The van der Waals surface area contributed by atoms with Gasteiger partial charge >= 0.3 is 0 Å². The second-order valence-electron chi connectivity index (χ2n) is 8.32. The van der Waals surface area contributed by atoms with Crippen molar-refractivity contribution in [2.24, 2.45) is 5.92 Å². The molecule has 0 unspecified atom stereocenters. The summed E-state index contributed by atoms with van der Waals surface area (Å²) in [4.78, 5) is 36.8. The molecule has 1 fully saturated rings. The summed E-state index contributed by atoms with van der Waals surface area (Å²) in [5.74, 6) is -4.91. The summed E-state index contributed by atoms with van der Waals surface area (Å²) in [5.41, 5.74) is 0.930. The van der Waals surface area contributed by atoms with Crippen LogP contribution in [0.25, 0.3) is 0 Å². The first-order valence-electron chi connectivity index (χ1n) is 10.7. The minimum absolute atomic E-state index is 0.0366. The second-order valence-corrected chi connectivity index (χ2v) is 10.6. The lowest BCUT2D eigenvalue weighted by Gasteiger charge is -2.11. The normalized spacial score (nSPS) is 17.6. The van der Waals surface area contributed by atoms with Gasteiger partial charge in [-0.15, -0.1) is 23.2 Å². The molecule has 0 aliphatic heterocycles. The van der Waals surface area contributed by atoms with Gasteiger partial charge in [0.1, 0.15) is 10.2 Å². The molecule has 0 radical (unpaired) electrons. The average Bonchev–Trinajstić information content (AvgIpc) is 3.40. The van der Waals surface area contributed by atoms with Crippen LogP contribution in [0, 0.1) is 17.6 Å². The van der Waals surface area contributed by atoms with Crippen LogP contribution < -0.4 is 16.0 Å². The number of anilines is 3. The Morgan fingerprint density at radius 1 is 0.811 bits per heavy atom. The molecule has 12 heteroatoms. The maximum absolute atomic E-state index is 14.7. The molecule has 0 saturated heterocycles. The molecule has 3 aromatic carbocycles. The number of amides is 3. The van der Waals surface area contributed by atoms with Crippen LogP contribution in [0.4, 0.5) is 25.8 Å². The molecule has 1 aliphatic rings. The highest BCUT2D eigenvalue weighted by Gasteiger charge is 2.67. The number of hydrogen-bond donors (Lipinski definition) is 3. The van der Waals surface area contributed by atoms with Gasteiger partial charge in [-0.3, -0.25) is 14.4 Å². The number of nitrogens with one attached hydrogen (secondary N) is 3. The Kier molecular flexibility index (Phi) is 7.67. The first-order valence-corrected chi connectivity index (χ1v) is 12.2. The monoisotopic (exact) mass is 585 g/mol. The van der Waals surface area contributed by atoms with Crippen molar-refractivity contribution >= 4 is 81.2 Å². The van der Waals surface area contributed by atoms with E-state index in [0.29, 0.717) is 16.9 Å². The minimum atomic E-state index is -1.49. The highest BCUT2D eigenvalue weighted by molar-refractivity contribution is 6.53. The second kappa shape index (κ2) is 10.5. The van der Waals surface area contributed by atoms with Crippen molar-refractivity contribution in [2.75, 3.05) is 16.0 Å². The summed E-state index contributed by atoms with van der Waals surface area (Å²) in [6, 6.07) is 12.3. The van der Waals surface area contributed by atoms with E-state index in [-0.39, 0.29) is 16.6 Å². The Morgan fingerprint density at radius 3 is 2.03 bits per heavy atom. The van der Waals surface area contributed by atoms with E-state index in [0.717, 1.165) is 18.2 Å². The highest BCUT2D eigenvalue weighted by atomic mass is 35.5. The van der Waals surface area contributed by atoms with Crippen molar-refractivity contribution in [3.8, 4) is 0 Å². The van der Waals surface area contributed by atoms with Crippen LogP contribution >= 0.6 is 46.4 Å². The topological polar surface area (TPSA) is 87.3 Å². The van der Waals surface area contributed by atoms with Crippen molar-refractivity contribution in [1.29, 1.82) is 0 Å². The van der Waals surface area contributed by atoms with Crippen LogP contribution in [0.3, 0.4) is 0 Å². The van der Waals surface area contributed by atoms with Gasteiger partial charge in [-0.2, -0.15) is 0 Å². The smallest absolute Gasteiger partial charge is 0.258 e. The third kappa shape index (κ3) is 5.83. The van der Waals surface area contributed by atoms with Crippen molar-refractivity contribution in [2.45, 2.75) is 17.2 Å². The number of hydrogen-bond acceptors (Lipinski definition) is 3. The van der Waals surface area contributed by atoms with Crippen molar-refractivity contribution < 1.29 is 23.2 Å². The number of carbonyl (C=O) groups excluding carboxylic acids is 3. The zero-order valence-corrected chi connectivity index (χ0v) is 21.9. The largest absolute Gasteiger partial charge is 0.326 e. The Hall–Kier alpha value is -2.91. The zero-order chi connectivity index (χ0) is 27.1. The van der Waals surface area contributed by atoms with E-state index < -0.39 is 50.2 Å². The van der Waals surface area contributed by atoms with E-state index in [1.807, 2.05) is 0 Å². The van der Waals surface area contributed by atoms with Gasteiger partial charge in [0.15, 0.2) is 5.82 Å². The quantitative estimate of drug-likeness (QED) is 0.272. The fraction of sp³-hybridized carbons (Fsp3) is 0.160. The summed E-state index contributed by atoms with van der Waals surface area (Å²) >= 11 is 24.5. The number of alkyl halides is 2. The van der Waals surface area contributed by atoms with Crippen LogP contribution in [0.5, 0.6) is 0 Å². The molecule has 3 N–H and O–H groups in total. The third-order valence-electron chi connectivity index (χ3n) is 5.64. The molecule has 1 aliphatic carbocycles. The summed E-state index contributed by atoms with van der Waals surface area (Å²) in [6.07, 6.45) is 0. The highest BCUT2D eigenvalue weighted by Crippen LogP contribution is 2.65. The van der Waals surface area contributed by atoms with Gasteiger partial charge in [-0.1, -0.05) is 29.3 Å².